The first-order valence-corrected chi connectivity index (χ1v) is 8.85. The molecule has 0 saturated carbocycles. The third kappa shape index (κ3) is 3.18. The molecule has 8 nitrogen and oxygen atoms in total. The number of nitrogens with zero attached hydrogens (tertiary/aromatic N) is 3. The molecule has 4 rings (SSSR count). The van der Waals surface area contributed by atoms with Gasteiger partial charge in [0.05, 0.1) is 30.4 Å². The molecule has 1 atom stereocenters. The van der Waals surface area contributed by atoms with Crippen molar-refractivity contribution in [3.05, 3.63) is 54.0 Å². The number of nitrogen functional groups attached to an aromatic ring is 1. The highest BCUT2D eigenvalue weighted by Crippen LogP contribution is 2.29. The Morgan fingerprint density at radius 2 is 1.96 bits per heavy atom. The SMILES string of the molecule is COC[C@@H](C)OC(=O)c1c(N)n(Cc2ccco2)c2nc3ccccc3nc12. The monoisotopic (exact) mass is 380 g/mol. The van der Waals surface area contributed by atoms with Crippen LogP contribution in [0.25, 0.3) is 22.2 Å². The van der Waals surface area contributed by atoms with E-state index in [1.165, 1.54) is 0 Å². The lowest BCUT2D eigenvalue weighted by Gasteiger charge is -2.12. The van der Waals surface area contributed by atoms with Gasteiger partial charge in [0.15, 0.2) is 5.65 Å². The predicted molar refractivity (Wildman–Crippen MR) is 104 cm³/mol. The first-order valence-electron chi connectivity index (χ1n) is 8.85. The number of esters is 1. The molecular formula is C20H20N4O4. The number of hydrogen-bond acceptors (Lipinski definition) is 7. The summed E-state index contributed by atoms with van der Waals surface area (Å²) in [7, 11) is 1.55. The Hall–Kier alpha value is -3.39. The van der Waals surface area contributed by atoms with Gasteiger partial charge in [-0.1, -0.05) is 12.1 Å². The molecule has 1 aromatic carbocycles. The molecule has 0 saturated heterocycles. The minimum absolute atomic E-state index is 0.197. The number of rotatable bonds is 6. The van der Waals surface area contributed by atoms with E-state index in [4.69, 9.17) is 19.6 Å². The molecule has 4 aromatic rings. The van der Waals surface area contributed by atoms with Crippen LogP contribution < -0.4 is 5.73 Å². The molecule has 2 N–H and O–H groups in total. The van der Waals surface area contributed by atoms with Crippen molar-refractivity contribution < 1.29 is 18.7 Å². The van der Waals surface area contributed by atoms with E-state index < -0.39 is 12.1 Å². The Morgan fingerprint density at radius 3 is 2.64 bits per heavy atom. The zero-order chi connectivity index (χ0) is 19.7. The summed E-state index contributed by atoms with van der Waals surface area (Å²) in [6.45, 7) is 2.36. The zero-order valence-electron chi connectivity index (χ0n) is 15.6. The van der Waals surface area contributed by atoms with Crippen LogP contribution in [0.5, 0.6) is 0 Å². The molecule has 0 bridgehead atoms. The summed E-state index contributed by atoms with van der Waals surface area (Å²) in [5.74, 6) is 0.359. The van der Waals surface area contributed by atoms with Crippen LogP contribution in [0.15, 0.2) is 47.1 Å². The van der Waals surface area contributed by atoms with Gasteiger partial charge in [-0.25, -0.2) is 14.8 Å². The number of carbonyl (C=O) groups is 1. The maximum atomic E-state index is 12.9. The summed E-state index contributed by atoms with van der Waals surface area (Å²) in [5.41, 5.74) is 8.83. The number of carbonyl (C=O) groups excluding carboxylic acids is 1. The van der Waals surface area contributed by atoms with Crippen LogP contribution in [-0.4, -0.2) is 40.3 Å². The lowest BCUT2D eigenvalue weighted by molar-refractivity contribution is 0.0123. The average Bonchev–Trinajstić information content (AvgIpc) is 3.27. The van der Waals surface area contributed by atoms with Crippen molar-refractivity contribution in [1.29, 1.82) is 0 Å². The third-order valence-corrected chi connectivity index (χ3v) is 4.40. The Kier molecular flexibility index (Phi) is 4.70. The number of anilines is 1. The maximum absolute atomic E-state index is 12.9. The predicted octanol–water partition coefficient (Wildman–Crippen LogP) is 3.00. The van der Waals surface area contributed by atoms with Crippen LogP contribution in [0.2, 0.25) is 0 Å². The van der Waals surface area contributed by atoms with Crippen LogP contribution in [0.4, 0.5) is 5.82 Å². The second kappa shape index (κ2) is 7.32. The second-order valence-electron chi connectivity index (χ2n) is 6.48. The summed E-state index contributed by atoms with van der Waals surface area (Å²) < 4.78 is 17.7. The van der Waals surface area contributed by atoms with Gasteiger partial charge >= 0.3 is 5.97 Å². The second-order valence-corrected chi connectivity index (χ2v) is 6.48. The number of fused-ring (bicyclic) bond motifs is 2. The molecular weight excluding hydrogens is 360 g/mol. The van der Waals surface area contributed by atoms with Crippen LogP contribution in [0.1, 0.15) is 23.0 Å². The molecule has 0 radical (unpaired) electrons. The number of benzene rings is 1. The molecule has 28 heavy (non-hydrogen) atoms. The number of nitrogens with two attached hydrogens (primary N) is 1. The number of para-hydroxylation sites is 2. The molecule has 0 fully saturated rings. The van der Waals surface area contributed by atoms with Crippen molar-refractivity contribution >= 4 is 34.0 Å². The van der Waals surface area contributed by atoms with Crippen molar-refractivity contribution in [3.8, 4) is 0 Å². The molecule has 0 aliphatic carbocycles. The van der Waals surface area contributed by atoms with E-state index in [1.54, 1.807) is 30.9 Å². The molecule has 8 heteroatoms. The minimum Gasteiger partial charge on any atom is -0.467 e. The quantitative estimate of drug-likeness (QED) is 0.513. The number of ether oxygens (including phenoxy) is 2. The Morgan fingerprint density at radius 1 is 1.21 bits per heavy atom. The van der Waals surface area contributed by atoms with E-state index >= 15 is 0 Å². The van der Waals surface area contributed by atoms with Gasteiger partial charge in [0, 0.05) is 7.11 Å². The summed E-state index contributed by atoms with van der Waals surface area (Å²) >= 11 is 0. The van der Waals surface area contributed by atoms with E-state index in [9.17, 15) is 4.79 Å². The molecule has 0 unspecified atom stereocenters. The molecule has 0 spiro atoms. The Balaban J connectivity index is 1.88. The van der Waals surface area contributed by atoms with Gasteiger partial charge in [-0.15, -0.1) is 0 Å². The van der Waals surface area contributed by atoms with Crippen LogP contribution in [0.3, 0.4) is 0 Å². The van der Waals surface area contributed by atoms with Crippen LogP contribution in [0, 0.1) is 0 Å². The summed E-state index contributed by atoms with van der Waals surface area (Å²) in [5, 5.41) is 0. The number of hydrogen-bond donors (Lipinski definition) is 1. The fraction of sp³-hybridized carbons (Fsp3) is 0.250. The topological polar surface area (TPSA) is 105 Å². The van der Waals surface area contributed by atoms with Crippen molar-refractivity contribution in [2.45, 2.75) is 19.6 Å². The van der Waals surface area contributed by atoms with Gasteiger partial charge in [-0.3, -0.25) is 0 Å². The van der Waals surface area contributed by atoms with Crippen LogP contribution in [-0.2, 0) is 16.0 Å². The molecule has 0 amide bonds. The average molecular weight is 380 g/mol. The van der Waals surface area contributed by atoms with Crippen molar-refractivity contribution in [2.24, 2.45) is 0 Å². The summed E-state index contributed by atoms with van der Waals surface area (Å²) in [4.78, 5) is 22.2. The molecule has 0 aliphatic rings. The van der Waals surface area contributed by atoms with Crippen molar-refractivity contribution in [3.63, 3.8) is 0 Å². The highest BCUT2D eigenvalue weighted by molar-refractivity contribution is 6.08. The number of methoxy groups -OCH3 is 1. The standard InChI is InChI=1S/C20H20N4O4/c1-12(11-26-2)28-20(25)16-17-19(23-15-8-4-3-7-14(15)22-17)24(18(16)21)10-13-6-5-9-27-13/h3-9,12H,10-11,21H2,1-2H3/t12-/m1/s1. The largest absolute Gasteiger partial charge is 0.467 e. The molecule has 3 heterocycles. The van der Waals surface area contributed by atoms with Gasteiger partial charge in [-0.2, -0.15) is 0 Å². The number of aromatic nitrogens is 3. The molecule has 0 aliphatic heterocycles. The molecule has 144 valence electrons. The first-order chi connectivity index (χ1) is 13.6. The summed E-state index contributed by atoms with van der Waals surface area (Å²) in [6, 6.07) is 11.1. The fourth-order valence-electron chi connectivity index (χ4n) is 3.15. The van der Waals surface area contributed by atoms with E-state index in [0.717, 1.165) is 0 Å². The van der Waals surface area contributed by atoms with Gasteiger partial charge in [0.2, 0.25) is 0 Å². The van der Waals surface area contributed by atoms with E-state index in [0.29, 0.717) is 34.5 Å². The Labute approximate surface area is 160 Å². The highest BCUT2D eigenvalue weighted by atomic mass is 16.6. The van der Waals surface area contributed by atoms with Gasteiger partial charge < -0.3 is 24.2 Å². The van der Waals surface area contributed by atoms with E-state index in [1.807, 2.05) is 30.3 Å². The minimum atomic E-state index is -0.560. The van der Waals surface area contributed by atoms with Gasteiger partial charge in [0.1, 0.15) is 28.8 Å². The van der Waals surface area contributed by atoms with Gasteiger partial charge in [0.25, 0.3) is 0 Å². The number of furan rings is 1. The summed E-state index contributed by atoms with van der Waals surface area (Å²) in [6.07, 6.45) is 1.16. The smallest absolute Gasteiger partial charge is 0.344 e. The van der Waals surface area contributed by atoms with Gasteiger partial charge in [-0.05, 0) is 31.2 Å². The van der Waals surface area contributed by atoms with Crippen molar-refractivity contribution in [2.75, 3.05) is 19.5 Å². The lowest BCUT2D eigenvalue weighted by atomic mass is 10.2. The zero-order valence-corrected chi connectivity index (χ0v) is 15.6. The molecule has 3 aromatic heterocycles. The van der Waals surface area contributed by atoms with Crippen LogP contribution >= 0.6 is 0 Å². The normalized spacial score (nSPS) is 12.5. The van der Waals surface area contributed by atoms with E-state index in [-0.39, 0.29) is 18.0 Å². The first kappa shape index (κ1) is 18.0. The Bertz CT molecular complexity index is 1130. The maximum Gasteiger partial charge on any atom is 0.344 e. The fourth-order valence-corrected chi connectivity index (χ4v) is 3.15. The lowest BCUT2D eigenvalue weighted by Crippen LogP contribution is -2.20. The van der Waals surface area contributed by atoms with Crippen molar-refractivity contribution in [1.82, 2.24) is 14.5 Å². The highest BCUT2D eigenvalue weighted by Gasteiger charge is 2.26. The van der Waals surface area contributed by atoms with E-state index in [2.05, 4.69) is 9.97 Å². The third-order valence-electron chi connectivity index (χ3n) is 4.40.